The van der Waals surface area contributed by atoms with Gasteiger partial charge in [-0.3, -0.25) is 0 Å². The van der Waals surface area contributed by atoms with E-state index in [0.29, 0.717) is 19.2 Å². The Morgan fingerprint density at radius 1 is 0.500 bits per heavy atom. The van der Waals surface area contributed by atoms with Crippen LogP contribution in [0.25, 0.3) is 34.4 Å². The van der Waals surface area contributed by atoms with Crippen LogP contribution in [0, 0.1) is 0 Å². The van der Waals surface area contributed by atoms with Gasteiger partial charge < -0.3 is 0 Å². The molecule has 238 valence electrons. The van der Waals surface area contributed by atoms with Gasteiger partial charge in [-0.2, -0.15) is 0 Å². The van der Waals surface area contributed by atoms with Gasteiger partial charge >= 0.3 is 283 Å². The molecular formula is C44H54HfSi. The van der Waals surface area contributed by atoms with E-state index in [1.165, 1.54) is 44.5 Å². The molecule has 2 aliphatic carbocycles. The zero-order valence-electron chi connectivity index (χ0n) is 29.9. The van der Waals surface area contributed by atoms with Crippen molar-refractivity contribution in [2.45, 2.75) is 95.0 Å². The average Bonchev–Trinajstić information content (AvgIpc) is 3.67. The Kier molecular flexibility index (Phi) is 9.05. The summed E-state index contributed by atoms with van der Waals surface area (Å²) in [5.74, 6) is 1.09. The first-order chi connectivity index (χ1) is 21.8. The summed E-state index contributed by atoms with van der Waals surface area (Å²) < 4.78 is 6.87. The second kappa shape index (κ2) is 12.5. The Hall–Kier alpha value is -2.55. The van der Waals surface area contributed by atoms with Gasteiger partial charge in [0.05, 0.1) is 0 Å². The molecule has 0 N–H and O–H groups in total. The maximum atomic E-state index is 2.90. The fraction of sp³-hybridized carbons (Fsp3) is 0.364. The molecule has 2 atom stereocenters. The van der Waals surface area contributed by atoms with E-state index >= 15 is 0 Å². The Bertz CT molecular complexity index is 1760. The Balaban J connectivity index is 1.54. The molecule has 0 nitrogen and oxygen atoms in total. The van der Waals surface area contributed by atoms with Crippen LogP contribution in [0.1, 0.15) is 108 Å². The van der Waals surface area contributed by atoms with Crippen molar-refractivity contribution in [1.82, 2.24) is 0 Å². The van der Waals surface area contributed by atoms with Gasteiger partial charge in [0.1, 0.15) is 0 Å². The minimum atomic E-state index is -3.97. The van der Waals surface area contributed by atoms with Crippen LogP contribution in [0.4, 0.5) is 0 Å². The second-order valence-corrected chi connectivity index (χ2v) is 61.8. The van der Waals surface area contributed by atoms with Crippen LogP contribution in [0.15, 0.2) is 97.1 Å². The molecule has 2 aliphatic rings. The number of benzene rings is 4. The van der Waals surface area contributed by atoms with E-state index in [0.717, 1.165) is 11.1 Å². The quantitative estimate of drug-likeness (QED) is 0.156. The normalized spacial score (nSPS) is 17.5. The molecule has 0 aromatic heterocycles. The van der Waals surface area contributed by atoms with E-state index in [1.54, 1.807) is 11.1 Å². The SMILES string of the molecule is CC(C)c1ccc(-c2cccc3c2C=C[CH]3[Hf]([CH3])([CH3])([CH]2C=Cc3c(-c4ccc(C(C)C)cc4)cccc32)=[Si](C(C)C)C(C)C)cc1. The molecule has 4 aromatic carbocycles. The van der Waals surface area contributed by atoms with Crippen LogP contribution in [0.3, 0.4) is 0 Å². The summed E-state index contributed by atoms with van der Waals surface area (Å²) >= 11 is -3.97. The third-order valence-electron chi connectivity index (χ3n) is 11.7. The summed E-state index contributed by atoms with van der Waals surface area (Å²) in [6.07, 6.45) is 10.4. The van der Waals surface area contributed by atoms with E-state index in [4.69, 9.17) is 0 Å². The predicted molar refractivity (Wildman–Crippen MR) is 203 cm³/mol. The second-order valence-electron chi connectivity index (χ2n) is 16.2. The third kappa shape index (κ3) is 5.46. The van der Waals surface area contributed by atoms with Gasteiger partial charge in [-0.15, -0.1) is 0 Å². The first kappa shape index (κ1) is 33.4. The Morgan fingerprint density at radius 3 is 1.20 bits per heavy atom. The van der Waals surface area contributed by atoms with Crippen molar-refractivity contribution < 1.29 is 17.1 Å². The van der Waals surface area contributed by atoms with Gasteiger partial charge in [-0.25, -0.2) is 0 Å². The number of fused-ring (bicyclic) bond motifs is 2. The summed E-state index contributed by atoms with van der Waals surface area (Å²) in [5.41, 5.74) is 15.1. The van der Waals surface area contributed by atoms with E-state index in [9.17, 15) is 0 Å². The summed E-state index contributed by atoms with van der Waals surface area (Å²) in [5, 5.41) is 0. The van der Waals surface area contributed by atoms with E-state index in [1.807, 2.05) is 0 Å². The van der Waals surface area contributed by atoms with Gasteiger partial charge in [-0.1, -0.05) is 0 Å². The molecule has 2 heteroatoms. The van der Waals surface area contributed by atoms with Crippen molar-refractivity contribution in [3.8, 4) is 22.3 Å². The van der Waals surface area contributed by atoms with Crippen LogP contribution in [-0.2, 0) is 17.1 Å². The maximum absolute atomic E-state index is 3.97. The molecule has 0 saturated heterocycles. The zero-order chi connectivity index (χ0) is 33.0. The van der Waals surface area contributed by atoms with Crippen LogP contribution < -0.4 is 0 Å². The average molecular weight is 789 g/mol. The molecular weight excluding hydrogens is 735 g/mol. The first-order valence-electron chi connectivity index (χ1n) is 17.7. The van der Waals surface area contributed by atoms with Gasteiger partial charge in [0.15, 0.2) is 0 Å². The number of rotatable bonds is 8. The molecule has 4 aromatic rings. The molecule has 0 aliphatic heterocycles. The molecule has 0 spiro atoms. The monoisotopic (exact) mass is 790 g/mol. The van der Waals surface area contributed by atoms with E-state index in [-0.39, 0.29) is 0 Å². The molecule has 6 rings (SSSR count). The summed E-state index contributed by atoms with van der Waals surface area (Å²) in [6.45, 7) is 19.3. The third-order valence-corrected chi connectivity index (χ3v) is 70.6. The minimum absolute atomic E-state index is 0.537. The van der Waals surface area contributed by atoms with Crippen molar-refractivity contribution >= 4 is 17.6 Å². The van der Waals surface area contributed by atoms with Crippen molar-refractivity contribution in [3.63, 3.8) is 0 Å². The van der Waals surface area contributed by atoms with Crippen LogP contribution >= 0.6 is 0 Å². The van der Waals surface area contributed by atoms with Crippen molar-refractivity contribution in [3.05, 3.63) is 130 Å². The summed E-state index contributed by atoms with van der Waals surface area (Å²) in [6, 6.07) is 33.1. The van der Waals surface area contributed by atoms with Gasteiger partial charge in [0, 0.05) is 0 Å². The fourth-order valence-corrected chi connectivity index (χ4v) is 81.7. The molecule has 0 amide bonds. The molecule has 0 bridgehead atoms. The topological polar surface area (TPSA) is 0 Å². The predicted octanol–water partition coefficient (Wildman–Crippen LogP) is 13.7. The standard InChI is InChI=1S/2C18H17.C6H14Si.2CH3.Hf/c2*1-13(2)14-9-11-16(12-10-14)18-8-4-6-15-5-3-7-17(15)18;1-5(2)7-6(3)4;;;/h2*3-13H,1-2H3;5-6H,1-4H3;2*1H3;. The van der Waals surface area contributed by atoms with Gasteiger partial charge in [-0.05, 0) is 0 Å². The number of hydrogen-bond donors (Lipinski definition) is 0. The Morgan fingerprint density at radius 2 is 0.870 bits per heavy atom. The van der Waals surface area contributed by atoms with Crippen LogP contribution in [0.5, 0.6) is 0 Å². The zero-order valence-corrected chi connectivity index (χ0v) is 34.4. The van der Waals surface area contributed by atoms with Crippen molar-refractivity contribution in [1.29, 1.82) is 0 Å². The molecule has 0 saturated carbocycles. The van der Waals surface area contributed by atoms with Crippen LogP contribution in [0.2, 0.25) is 20.4 Å². The fourth-order valence-electron chi connectivity index (χ4n) is 9.86. The summed E-state index contributed by atoms with van der Waals surface area (Å²) in [7, 11) is 0. The summed E-state index contributed by atoms with van der Waals surface area (Å²) in [4.78, 5) is 0. The molecule has 0 radical (unpaired) electrons. The number of hydrogen-bond acceptors (Lipinski definition) is 0. The van der Waals surface area contributed by atoms with Crippen LogP contribution in [-0.4, -0.2) is 5.49 Å². The molecule has 0 fully saturated rings. The Labute approximate surface area is 280 Å². The first-order valence-corrected chi connectivity index (χ1v) is 36.1. The molecule has 0 heterocycles. The van der Waals surface area contributed by atoms with Gasteiger partial charge in [0.2, 0.25) is 0 Å². The van der Waals surface area contributed by atoms with Gasteiger partial charge in [0.25, 0.3) is 0 Å². The van der Waals surface area contributed by atoms with Crippen molar-refractivity contribution in [2.24, 2.45) is 0 Å². The molecule has 2 unspecified atom stereocenters. The van der Waals surface area contributed by atoms with E-state index in [2.05, 4.69) is 174 Å². The van der Waals surface area contributed by atoms with Crippen molar-refractivity contribution in [2.75, 3.05) is 0 Å². The number of allylic oxidation sites excluding steroid dienone is 2. The molecule has 46 heavy (non-hydrogen) atoms. The van der Waals surface area contributed by atoms with E-state index < -0.39 is 22.6 Å².